The third-order valence-electron chi connectivity index (χ3n) is 5.45. The molecule has 30 heavy (non-hydrogen) atoms. The Balaban J connectivity index is 1.81. The van der Waals surface area contributed by atoms with Crippen LogP contribution in [0.15, 0.2) is 66.9 Å². The van der Waals surface area contributed by atoms with Crippen LogP contribution in [0.5, 0.6) is 0 Å². The largest absolute Gasteiger partial charge is 0.309 e. The minimum Gasteiger partial charge on any atom is -0.309 e. The Hall–Kier alpha value is -3.40. The van der Waals surface area contributed by atoms with Crippen molar-refractivity contribution in [1.29, 1.82) is 0 Å². The topological polar surface area (TPSA) is 46.4 Å². The first kappa shape index (κ1) is 19.9. The number of carbonyl (C=O) groups excluding carboxylic acids is 1. The molecule has 2 aromatic carbocycles. The first-order valence-electron chi connectivity index (χ1n) is 10.4. The van der Waals surface area contributed by atoms with Gasteiger partial charge in [0.2, 0.25) is 5.91 Å². The van der Waals surface area contributed by atoms with Gasteiger partial charge >= 0.3 is 0 Å². The summed E-state index contributed by atoms with van der Waals surface area (Å²) >= 11 is 0. The van der Waals surface area contributed by atoms with Crippen LogP contribution in [0.2, 0.25) is 0 Å². The molecule has 0 aliphatic rings. The van der Waals surface area contributed by atoms with E-state index in [0.717, 1.165) is 40.3 Å². The van der Waals surface area contributed by atoms with Gasteiger partial charge in [-0.25, -0.2) is 4.98 Å². The molecule has 2 heterocycles. The monoisotopic (exact) mass is 397 g/mol. The predicted octanol–water partition coefficient (Wildman–Crippen LogP) is 6.06. The van der Waals surface area contributed by atoms with Crippen molar-refractivity contribution in [2.45, 2.75) is 40.0 Å². The number of carbonyl (C=O) groups is 1. The van der Waals surface area contributed by atoms with Crippen molar-refractivity contribution in [3.63, 3.8) is 0 Å². The number of fused-ring (bicyclic) bond motifs is 1. The highest BCUT2D eigenvalue weighted by atomic mass is 16.2. The van der Waals surface area contributed by atoms with Crippen LogP contribution in [-0.2, 0) is 4.79 Å². The second-order valence-electron chi connectivity index (χ2n) is 7.98. The minimum absolute atomic E-state index is 0.0169. The summed E-state index contributed by atoms with van der Waals surface area (Å²) in [6.45, 7) is 8.25. The lowest BCUT2D eigenvalue weighted by molar-refractivity contribution is -0.117. The van der Waals surface area contributed by atoms with Crippen LogP contribution in [0, 0.1) is 20.8 Å². The summed E-state index contributed by atoms with van der Waals surface area (Å²) in [5.74, 6) is 0.486. The van der Waals surface area contributed by atoms with Gasteiger partial charge in [-0.1, -0.05) is 54.4 Å². The number of aryl methyl sites for hydroxylation is 3. The lowest BCUT2D eigenvalue weighted by Gasteiger charge is -2.16. The van der Waals surface area contributed by atoms with Gasteiger partial charge in [0.1, 0.15) is 17.2 Å². The Kier molecular flexibility index (Phi) is 5.40. The summed E-state index contributed by atoms with van der Waals surface area (Å²) in [6, 6.07) is 20.4. The summed E-state index contributed by atoms with van der Waals surface area (Å²) in [7, 11) is 0. The standard InChI is InChI=1S/C26H27N3O/c1-5-22(20-9-7-6-8-10-20)26(30)28-25-24(21-14-18(3)13-19(4)15-21)27-23-16-17(2)11-12-29(23)25/h6-16,22H,5H2,1-4H3,(H,28,30)/t22-/m1/s1. The van der Waals surface area contributed by atoms with E-state index in [4.69, 9.17) is 4.98 Å². The van der Waals surface area contributed by atoms with Crippen molar-refractivity contribution in [1.82, 2.24) is 9.38 Å². The molecule has 4 nitrogen and oxygen atoms in total. The first-order chi connectivity index (χ1) is 14.5. The number of amides is 1. The van der Waals surface area contributed by atoms with Gasteiger partial charge in [-0.15, -0.1) is 0 Å². The van der Waals surface area contributed by atoms with Crippen molar-refractivity contribution in [3.05, 3.63) is 89.1 Å². The van der Waals surface area contributed by atoms with Gasteiger partial charge in [0.15, 0.2) is 0 Å². The van der Waals surface area contributed by atoms with E-state index in [2.05, 4.69) is 37.4 Å². The number of benzene rings is 2. The van der Waals surface area contributed by atoms with E-state index in [0.29, 0.717) is 0 Å². The predicted molar refractivity (Wildman–Crippen MR) is 123 cm³/mol. The third-order valence-corrected chi connectivity index (χ3v) is 5.45. The molecule has 152 valence electrons. The highest BCUT2D eigenvalue weighted by Crippen LogP contribution is 2.32. The number of pyridine rings is 1. The highest BCUT2D eigenvalue weighted by Gasteiger charge is 2.23. The van der Waals surface area contributed by atoms with E-state index < -0.39 is 0 Å². The maximum atomic E-state index is 13.3. The molecule has 0 spiro atoms. The van der Waals surface area contributed by atoms with Crippen molar-refractivity contribution < 1.29 is 4.79 Å². The van der Waals surface area contributed by atoms with Gasteiger partial charge in [0.05, 0.1) is 5.92 Å². The Morgan fingerprint density at radius 1 is 0.967 bits per heavy atom. The molecule has 1 atom stereocenters. The van der Waals surface area contributed by atoms with Crippen molar-refractivity contribution in [2.24, 2.45) is 0 Å². The molecule has 1 N–H and O–H groups in total. The average Bonchev–Trinajstić information content (AvgIpc) is 3.06. The summed E-state index contributed by atoms with van der Waals surface area (Å²) in [5.41, 5.74) is 7.13. The fraction of sp³-hybridized carbons (Fsp3) is 0.231. The van der Waals surface area contributed by atoms with Crippen molar-refractivity contribution >= 4 is 17.4 Å². The number of anilines is 1. The molecule has 1 amide bonds. The van der Waals surface area contributed by atoms with Crippen LogP contribution in [0.1, 0.15) is 41.5 Å². The molecule has 0 saturated carbocycles. The average molecular weight is 398 g/mol. The molecule has 4 rings (SSSR count). The number of imidazole rings is 1. The Morgan fingerprint density at radius 2 is 1.67 bits per heavy atom. The lowest BCUT2D eigenvalue weighted by Crippen LogP contribution is -2.22. The van der Waals surface area contributed by atoms with Crippen LogP contribution >= 0.6 is 0 Å². The van der Waals surface area contributed by atoms with E-state index >= 15 is 0 Å². The van der Waals surface area contributed by atoms with Crippen LogP contribution in [-0.4, -0.2) is 15.3 Å². The van der Waals surface area contributed by atoms with Gasteiger partial charge in [-0.05, 0) is 62.6 Å². The van der Waals surface area contributed by atoms with E-state index in [1.54, 1.807) is 0 Å². The van der Waals surface area contributed by atoms with Gasteiger partial charge in [0, 0.05) is 11.8 Å². The molecule has 0 fully saturated rings. The normalized spacial score (nSPS) is 12.1. The quantitative estimate of drug-likeness (QED) is 0.445. The number of nitrogens with one attached hydrogen (secondary N) is 1. The maximum absolute atomic E-state index is 13.3. The zero-order chi connectivity index (χ0) is 21.3. The molecule has 0 radical (unpaired) electrons. The van der Waals surface area contributed by atoms with Crippen LogP contribution < -0.4 is 5.32 Å². The third kappa shape index (κ3) is 3.86. The summed E-state index contributed by atoms with van der Waals surface area (Å²) in [6.07, 6.45) is 2.70. The van der Waals surface area contributed by atoms with E-state index in [9.17, 15) is 4.79 Å². The highest BCUT2D eigenvalue weighted by molar-refractivity contribution is 5.98. The van der Waals surface area contributed by atoms with Gasteiger partial charge in [0.25, 0.3) is 0 Å². The fourth-order valence-electron chi connectivity index (χ4n) is 4.04. The number of hydrogen-bond acceptors (Lipinski definition) is 2. The van der Waals surface area contributed by atoms with Gasteiger partial charge in [-0.2, -0.15) is 0 Å². The number of hydrogen-bond donors (Lipinski definition) is 1. The SMILES string of the molecule is CC[C@@H](C(=O)Nc1c(-c2cc(C)cc(C)c2)nc2cc(C)ccn12)c1ccccc1. The molecule has 0 saturated heterocycles. The first-order valence-corrected chi connectivity index (χ1v) is 10.4. The van der Waals surface area contributed by atoms with Crippen LogP contribution in [0.4, 0.5) is 5.82 Å². The number of aromatic nitrogens is 2. The summed E-state index contributed by atoms with van der Waals surface area (Å²) < 4.78 is 1.97. The molecular weight excluding hydrogens is 370 g/mol. The van der Waals surface area contributed by atoms with Crippen LogP contribution in [0.25, 0.3) is 16.9 Å². The van der Waals surface area contributed by atoms with Gasteiger partial charge < -0.3 is 5.32 Å². The Labute approximate surface area is 177 Å². The molecule has 4 heteroatoms. The maximum Gasteiger partial charge on any atom is 0.233 e. The van der Waals surface area contributed by atoms with E-state index in [1.165, 1.54) is 11.1 Å². The number of nitrogens with zero attached hydrogens (tertiary/aromatic N) is 2. The van der Waals surface area contributed by atoms with Crippen LogP contribution in [0.3, 0.4) is 0 Å². The second-order valence-corrected chi connectivity index (χ2v) is 7.98. The van der Waals surface area contributed by atoms with Gasteiger partial charge in [-0.3, -0.25) is 9.20 Å². The second kappa shape index (κ2) is 8.15. The lowest BCUT2D eigenvalue weighted by atomic mass is 9.95. The summed E-state index contributed by atoms with van der Waals surface area (Å²) in [4.78, 5) is 18.2. The molecule has 0 bridgehead atoms. The van der Waals surface area contributed by atoms with E-state index in [-0.39, 0.29) is 11.8 Å². The molecule has 0 aliphatic carbocycles. The van der Waals surface area contributed by atoms with E-state index in [1.807, 2.05) is 66.9 Å². The molecular formula is C26H27N3O. The molecule has 2 aromatic heterocycles. The fourth-order valence-corrected chi connectivity index (χ4v) is 4.04. The molecule has 0 unspecified atom stereocenters. The molecule has 0 aliphatic heterocycles. The number of rotatable bonds is 5. The zero-order valence-corrected chi connectivity index (χ0v) is 17.9. The zero-order valence-electron chi connectivity index (χ0n) is 17.9. The summed E-state index contributed by atoms with van der Waals surface area (Å²) in [5, 5.41) is 3.20. The smallest absolute Gasteiger partial charge is 0.233 e. The Morgan fingerprint density at radius 3 is 2.33 bits per heavy atom. The minimum atomic E-state index is -0.214. The molecule has 4 aromatic rings. The van der Waals surface area contributed by atoms with Crippen molar-refractivity contribution in [2.75, 3.05) is 5.32 Å². The van der Waals surface area contributed by atoms with Crippen molar-refractivity contribution in [3.8, 4) is 11.3 Å². The Bertz CT molecular complexity index is 1190.